The van der Waals surface area contributed by atoms with Gasteiger partial charge in [0.15, 0.2) is 0 Å². The van der Waals surface area contributed by atoms with Gasteiger partial charge in [-0.15, -0.1) is 0 Å². The van der Waals surface area contributed by atoms with Crippen LogP contribution in [0.15, 0.2) is 21.5 Å². The molecule has 1 aliphatic rings. The monoisotopic (exact) mass is 376 g/mol. The van der Waals surface area contributed by atoms with Crippen molar-refractivity contribution in [3.63, 3.8) is 0 Å². The van der Waals surface area contributed by atoms with E-state index < -0.39 is 10.0 Å². The Morgan fingerprint density at radius 2 is 2.00 bits per heavy atom. The summed E-state index contributed by atoms with van der Waals surface area (Å²) in [4.78, 5) is 0.290. The summed E-state index contributed by atoms with van der Waals surface area (Å²) in [5.74, 6) is 0. The Hall–Kier alpha value is -0.630. The van der Waals surface area contributed by atoms with E-state index in [9.17, 15) is 8.42 Å². The first-order valence-corrected chi connectivity index (χ1v) is 9.27. The minimum absolute atomic E-state index is 0.164. The van der Waals surface area contributed by atoms with E-state index in [1.54, 1.807) is 13.0 Å². The molecule has 7 heteroatoms. The molecule has 2 rings (SSSR count). The molecular weight excluding hydrogens is 356 g/mol. The van der Waals surface area contributed by atoms with E-state index in [1.807, 2.05) is 6.92 Å². The summed E-state index contributed by atoms with van der Waals surface area (Å²) in [6.07, 6.45) is 1.63. The standard InChI is InChI=1S/C14H21BrN2O3S/c1-3-20-11-4-6-17(7-5-11)21(18,19)14-9-13(16)12(15)8-10(14)2/h8-9,11H,3-7,16H2,1-2H3. The first kappa shape index (κ1) is 16.7. The van der Waals surface area contributed by atoms with Crippen LogP contribution >= 0.6 is 15.9 Å². The maximum Gasteiger partial charge on any atom is 0.243 e. The minimum Gasteiger partial charge on any atom is -0.398 e. The Bertz CT molecular complexity index is 611. The normalized spacial score (nSPS) is 18.0. The van der Waals surface area contributed by atoms with Gasteiger partial charge in [0.1, 0.15) is 0 Å². The lowest BCUT2D eigenvalue weighted by Gasteiger charge is -2.31. The topological polar surface area (TPSA) is 72.6 Å². The van der Waals surface area contributed by atoms with Crippen LogP contribution in [0, 0.1) is 6.92 Å². The summed E-state index contributed by atoms with van der Waals surface area (Å²) in [6.45, 7) is 5.38. The smallest absolute Gasteiger partial charge is 0.243 e. The molecule has 0 saturated carbocycles. The Morgan fingerprint density at radius 1 is 1.38 bits per heavy atom. The molecule has 2 N–H and O–H groups in total. The molecule has 0 bridgehead atoms. The first-order valence-electron chi connectivity index (χ1n) is 7.03. The van der Waals surface area contributed by atoms with Gasteiger partial charge in [-0.3, -0.25) is 0 Å². The molecule has 21 heavy (non-hydrogen) atoms. The SMILES string of the molecule is CCOC1CCN(S(=O)(=O)c2cc(N)c(Br)cc2C)CC1. The van der Waals surface area contributed by atoms with Crippen LogP contribution < -0.4 is 5.73 Å². The molecule has 0 radical (unpaired) electrons. The van der Waals surface area contributed by atoms with Crippen LogP contribution in [0.4, 0.5) is 5.69 Å². The predicted octanol–water partition coefficient (Wildman–Crippen LogP) is 2.53. The fourth-order valence-electron chi connectivity index (χ4n) is 2.56. The maximum absolute atomic E-state index is 12.8. The molecule has 118 valence electrons. The summed E-state index contributed by atoms with van der Waals surface area (Å²) in [7, 11) is -3.49. The fourth-order valence-corrected chi connectivity index (χ4v) is 4.73. The summed E-state index contributed by atoms with van der Waals surface area (Å²) in [5, 5.41) is 0. The van der Waals surface area contributed by atoms with E-state index in [4.69, 9.17) is 10.5 Å². The van der Waals surface area contributed by atoms with Crippen molar-refractivity contribution in [1.82, 2.24) is 4.31 Å². The lowest BCUT2D eigenvalue weighted by Crippen LogP contribution is -2.41. The zero-order chi connectivity index (χ0) is 15.6. The van der Waals surface area contributed by atoms with E-state index in [0.717, 1.165) is 12.8 Å². The molecule has 1 fully saturated rings. The molecule has 1 aromatic rings. The second-order valence-electron chi connectivity index (χ2n) is 5.20. The van der Waals surface area contributed by atoms with Crippen molar-refractivity contribution in [2.24, 2.45) is 0 Å². The van der Waals surface area contributed by atoms with Crippen molar-refractivity contribution in [2.45, 2.75) is 37.7 Å². The van der Waals surface area contributed by atoms with Crippen molar-refractivity contribution in [3.05, 3.63) is 22.2 Å². The number of nitrogen functional groups attached to an aromatic ring is 1. The second-order valence-corrected chi connectivity index (χ2v) is 7.96. The second kappa shape index (κ2) is 6.64. The summed E-state index contributed by atoms with van der Waals surface area (Å²) >= 11 is 3.32. The molecule has 1 saturated heterocycles. The third-order valence-corrected chi connectivity index (χ3v) is 6.44. The number of aryl methyl sites for hydroxylation is 1. The fraction of sp³-hybridized carbons (Fsp3) is 0.571. The Kier molecular flexibility index (Phi) is 5.29. The van der Waals surface area contributed by atoms with Gasteiger partial charge in [0.25, 0.3) is 0 Å². The van der Waals surface area contributed by atoms with Crippen LogP contribution in [-0.4, -0.2) is 38.5 Å². The van der Waals surface area contributed by atoms with Gasteiger partial charge in [-0.25, -0.2) is 8.42 Å². The van der Waals surface area contributed by atoms with Gasteiger partial charge >= 0.3 is 0 Å². The summed E-state index contributed by atoms with van der Waals surface area (Å²) in [5.41, 5.74) is 6.96. The van der Waals surface area contributed by atoms with Crippen LogP contribution in [-0.2, 0) is 14.8 Å². The molecule has 5 nitrogen and oxygen atoms in total. The number of hydrogen-bond donors (Lipinski definition) is 1. The lowest BCUT2D eigenvalue weighted by atomic mass is 10.1. The third kappa shape index (κ3) is 3.59. The van der Waals surface area contributed by atoms with E-state index in [2.05, 4.69) is 15.9 Å². The van der Waals surface area contributed by atoms with Gasteiger partial charge in [-0.05, 0) is 60.3 Å². The number of ether oxygens (including phenoxy) is 1. The van der Waals surface area contributed by atoms with Gasteiger partial charge in [-0.2, -0.15) is 4.31 Å². The maximum atomic E-state index is 12.8. The van der Waals surface area contributed by atoms with E-state index in [1.165, 1.54) is 10.4 Å². The highest BCUT2D eigenvalue weighted by Crippen LogP contribution is 2.30. The molecule has 1 heterocycles. The predicted molar refractivity (Wildman–Crippen MR) is 86.7 cm³/mol. The van der Waals surface area contributed by atoms with E-state index in [0.29, 0.717) is 35.4 Å². The van der Waals surface area contributed by atoms with Crippen LogP contribution in [0.2, 0.25) is 0 Å². The van der Waals surface area contributed by atoms with Crippen molar-refractivity contribution in [1.29, 1.82) is 0 Å². The van der Waals surface area contributed by atoms with Crippen LogP contribution in [0.1, 0.15) is 25.3 Å². The Morgan fingerprint density at radius 3 is 2.57 bits per heavy atom. The van der Waals surface area contributed by atoms with E-state index in [-0.39, 0.29) is 11.0 Å². The number of piperidine rings is 1. The van der Waals surface area contributed by atoms with Crippen molar-refractivity contribution in [2.75, 3.05) is 25.4 Å². The van der Waals surface area contributed by atoms with Crippen molar-refractivity contribution >= 4 is 31.6 Å². The molecule has 0 atom stereocenters. The third-order valence-electron chi connectivity index (χ3n) is 3.72. The first-order chi connectivity index (χ1) is 9.86. The molecule has 0 unspecified atom stereocenters. The Labute approximate surface area is 134 Å². The molecule has 1 aromatic carbocycles. The van der Waals surface area contributed by atoms with Crippen LogP contribution in [0.5, 0.6) is 0 Å². The number of anilines is 1. The van der Waals surface area contributed by atoms with Gasteiger partial charge in [-0.1, -0.05) is 0 Å². The molecular formula is C14H21BrN2O3S. The number of halogens is 1. The zero-order valence-electron chi connectivity index (χ0n) is 12.3. The van der Waals surface area contributed by atoms with Gasteiger partial charge < -0.3 is 10.5 Å². The molecule has 0 aliphatic carbocycles. The highest BCUT2D eigenvalue weighted by Gasteiger charge is 2.30. The highest BCUT2D eigenvalue weighted by molar-refractivity contribution is 9.10. The summed E-state index contributed by atoms with van der Waals surface area (Å²) in [6, 6.07) is 3.28. The quantitative estimate of drug-likeness (QED) is 0.819. The minimum atomic E-state index is -3.49. The van der Waals surface area contributed by atoms with Gasteiger partial charge in [0, 0.05) is 29.9 Å². The van der Waals surface area contributed by atoms with E-state index >= 15 is 0 Å². The number of hydrogen-bond acceptors (Lipinski definition) is 4. The zero-order valence-corrected chi connectivity index (χ0v) is 14.7. The molecule has 0 amide bonds. The van der Waals surface area contributed by atoms with Crippen molar-refractivity contribution < 1.29 is 13.2 Å². The lowest BCUT2D eigenvalue weighted by molar-refractivity contribution is 0.0290. The van der Waals surface area contributed by atoms with Crippen molar-refractivity contribution in [3.8, 4) is 0 Å². The molecule has 0 spiro atoms. The largest absolute Gasteiger partial charge is 0.398 e. The average Bonchev–Trinajstić information content (AvgIpc) is 2.43. The van der Waals surface area contributed by atoms with Gasteiger partial charge in [0.2, 0.25) is 10.0 Å². The number of rotatable bonds is 4. The molecule has 1 aliphatic heterocycles. The average molecular weight is 377 g/mol. The number of nitrogens with two attached hydrogens (primary N) is 1. The summed E-state index contributed by atoms with van der Waals surface area (Å²) < 4.78 is 33.3. The van der Waals surface area contributed by atoms with Crippen LogP contribution in [0.3, 0.4) is 0 Å². The number of nitrogens with zero attached hydrogens (tertiary/aromatic N) is 1. The number of sulfonamides is 1. The van der Waals surface area contributed by atoms with Crippen LogP contribution in [0.25, 0.3) is 0 Å². The Balaban J connectivity index is 2.22. The highest BCUT2D eigenvalue weighted by atomic mass is 79.9. The molecule has 0 aromatic heterocycles. The number of benzene rings is 1. The van der Waals surface area contributed by atoms with Gasteiger partial charge in [0.05, 0.1) is 11.0 Å².